The Morgan fingerprint density at radius 2 is 1.53 bits per heavy atom. The highest BCUT2D eigenvalue weighted by Gasteiger charge is 2.25. The van der Waals surface area contributed by atoms with Crippen LogP contribution >= 0.6 is 11.3 Å². The van der Waals surface area contributed by atoms with E-state index in [2.05, 4.69) is 50.1 Å². The van der Waals surface area contributed by atoms with Gasteiger partial charge in [0, 0.05) is 59.9 Å². The Morgan fingerprint density at radius 1 is 0.889 bits per heavy atom. The van der Waals surface area contributed by atoms with Gasteiger partial charge in [-0.1, -0.05) is 64.1 Å². The van der Waals surface area contributed by atoms with E-state index in [0.29, 0.717) is 30.6 Å². The zero-order valence-corrected chi connectivity index (χ0v) is 28.1. The lowest BCUT2D eigenvalue weighted by Gasteiger charge is -2.30. The average molecular weight is 628 g/mol. The first-order valence-corrected chi connectivity index (χ1v) is 16.3. The van der Waals surface area contributed by atoms with Crippen molar-refractivity contribution >= 4 is 28.8 Å². The predicted octanol–water partition coefficient (Wildman–Crippen LogP) is 6.20. The number of thiazole rings is 1. The highest BCUT2D eigenvalue weighted by atomic mass is 32.1. The van der Waals surface area contributed by atoms with Gasteiger partial charge in [0.15, 0.2) is 0 Å². The zero-order valence-electron chi connectivity index (χ0n) is 27.3. The number of aromatic nitrogens is 2. The van der Waals surface area contributed by atoms with E-state index in [1.165, 1.54) is 11.3 Å². The summed E-state index contributed by atoms with van der Waals surface area (Å²) >= 11 is 1.52. The summed E-state index contributed by atoms with van der Waals surface area (Å²) < 4.78 is 0. The summed E-state index contributed by atoms with van der Waals surface area (Å²) in [7, 11) is 3.68. The van der Waals surface area contributed by atoms with E-state index in [1.807, 2.05) is 54.6 Å². The van der Waals surface area contributed by atoms with E-state index in [9.17, 15) is 14.7 Å². The minimum Gasteiger partial charge on any atom is -0.389 e. The molecule has 0 aliphatic carbocycles. The minimum absolute atomic E-state index is 0.195. The van der Waals surface area contributed by atoms with E-state index in [4.69, 9.17) is 4.98 Å². The molecule has 4 rings (SSSR count). The molecule has 0 spiro atoms. The molecule has 9 heteroatoms. The van der Waals surface area contributed by atoms with Gasteiger partial charge in [-0.2, -0.15) is 0 Å². The van der Waals surface area contributed by atoms with E-state index in [1.54, 1.807) is 36.2 Å². The lowest BCUT2D eigenvalue weighted by molar-refractivity contribution is 0.0784. The molecule has 2 atom stereocenters. The molecular weight excluding hydrogens is 582 g/mol. The number of hydrogen-bond acceptors (Lipinski definition) is 7. The molecule has 2 aromatic heterocycles. The van der Waals surface area contributed by atoms with Gasteiger partial charge in [-0.05, 0) is 61.1 Å². The van der Waals surface area contributed by atoms with Crippen LogP contribution in [0.2, 0.25) is 0 Å². The molecule has 0 radical (unpaired) electrons. The summed E-state index contributed by atoms with van der Waals surface area (Å²) in [5, 5.41) is 17.5. The number of carbonyl (C=O) groups is 2. The molecule has 238 valence electrons. The standard InChI is InChI=1S/C36H45N5O3S/c1-23(2)30-18-29(19-31(38-30)24(3)4)40(6)20-33(42)32(16-26-12-9-8-10-13-26)39-35(43)27-14-11-15-28(17-27)36(44)41(7)21-34-37-25(5)22-45-34/h8-15,17-19,22-24,32-33,42H,16,20-21H2,1-7H3,(H,39,43)/t32-,33+/m0/s1. The highest BCUT2D eigenvalue weighted by Crippen LogP contribution is 2.25. The topological polar surface area (TPSA) is 98.7 Å². The molecule has 45 heavy (non-hydrogen) atoms. The summed E-state index contributed by atoms with van der Waals surface area (Å²) in [6, 6.07) is 20.1. The van der Waals surface area contributed by atoms with Crippen LogP contribution in [0.25, 0.3) is 0 Å². The van der Waals surface area contributed by atoms with Crippen LogP contribution in [0.5, 0.6) is 0 Å². The van der Waals surface area contributed by atoms with Crippen molar-refractivity contribution in [2.75, 3.05) is 25.5 Å². The number of nitrogens with one attached hydrogen (secondary N) is 1. The molecule has 2 amide bonds. The summed E-state index contributed by atoms with van der Waals surface area (Å²) in [5.41, 5.74) is 5.69. The smallest absolute Gasteiger partial charge is 0.253 e. The number of aryl methyl sites for hydroxylation is 1. The second-order valence-electron chi connectivity index (χ2n) is 12.3. The minimum atomic E-state index is -0.880. The maximum atomic E-state index is 13.6. The van der Waals surface area contributed by atoms with Crippen molar-refractivity contribution < 1.29 is 14.7 Å². The van der Waals surface area contributed by atoms with Gasteiger partial charge >= 0.3 is 0 Å². The third-order valence-corrected chi connectivity index (χ3v) is 8.72. The van der Waals surface area contributed by atoms with Crippen molar-refractivity contribution in [3.05, 3.63) is 111 Å². The van der Waals surface area contributed by atoms with Crippen molar-refractivity contribution in [1.82, 2.24) is 20.2 Å². The molecule has 0 aliphatic rings. The Balaban J connectivity index is 1.52. The van der Waals surface area contributed by atoms with E-state index >= 15 is 0 Å². The molecule has 2 heterocycles. The van der Waals surface area contributed by atoms with E-state index in [-0.39, 0.29) is 23.7 Å². The first kappa shape index (κ1) is 33.8. The van der Waals surface area contributed by atoms with Crippen molar-refractivity contribution in [2.24, 2.45) is 0 Å². The second-order valence-corrected chi connectivity index (χ2v) is 13.3. The number of pyridine rings is 1. The molecule has 2 N–H and O–H groups in total. The molecule has 4 aromatic rings. The van der Waals surface area contributed by atoms with Crippen LogP contribution in [0.4, 0.5) is 5.69 Å². The summed E-state index contributed by atoms with van der Waals surface area (Å²) in [6.45, 7) is 11.1. The summed E-state index contributed by atoms with van der Waals surface area (Å²) in [5.74, 6) is -0.00719. The lowest BCUT2D eigenvalue weighted by Crippen LogP contribution is -2.49. The van der Waals surface area contributed by atoms with Gasteiger partial charge in [-0.25, -0.2) is 4.98 Å². The van der Waals surface area contributed by atoms with E-state index < -0.39 is 12.1 Å². The van der Waals surface area contributed by atoms with Crippen molar-refractivity contribution in [3.8, 4) is 0 Å². The van der Waals surface area contributed by atoms with Gasteiger partial charge in [0.25, 0.3) is 11.8 Å². The monoisotopic (exact) mass is 627 g/mol. The third-order valence-electron chi connectivity index (χ3n) is 7.77. The number of carbonyl (C=O) groups excluding carboxylic acids is 2. The van der Waals surface area contributed by atoms with Crippen LogP contribution in [0, 0.1) is 6.92 Å². The third kappa shape index (κ3) is 9.22. The highest BCUT2D eigenvalue weighted by molar-refractivity contribution is 7.09. The van der Waals surface area contributed by atoms with Crippen LogP contribution in [0.1, 0.15) is 87.9 Å². The molecule has 0 aliphatic heterocycles. The van der Waals surface area contributed by atoms with Crippen molar-refractivity contribution in [1.29, 1.82) is 0 Å². The lowest BCUT2D eigenvalue weighted by atomic mass is 9.99. The number of aliphatic hydroxyl groups excluding tert-OH is 1. The molecular formula is C36H45N5O3S. The summed E-state index contributed by atoms with van der Waals surface area (Å²) in [6.07, 6.45) is -0.434. The Labute approximate surface area is 271 Å². The van der Waals surface area contributed by atoms with Crippen LogP contribution in [-0.4, -0.2) is 64.6 Å². The Bertz CT molecular complexity index is 1560. The molecule has 0 fully saturated rings. The first-order valence-electron chi connectivity index (χ1n) is 15.4. The van der Waals surface area contributed by atoms with Crippen LogP contribution in [0.3, 0.4) is 0 Å². The quantitative estimate of drug-likeness (QED) is 0.183. The summed E-state index contributed by atoms with van der Waals surface area (Å²) in [4.78, 5) is 39.7. The average Bonchev–Trinajstić information content (AvgIpc) is 3.44. The van der Waals surface area contributed by atoms with Crippen LogP contribution in [0.15, 0.2) is 72.1 Å². The molecule has 0 unspecified atom stereocenters. The number of rotatable bonds is 13. The van der Waals surface area contributed by atoms with Crippen LogP contribution in [-0.2, 0) is 13.0 Å². The molecule has 0 saturated heterocycles. The van der Waals surface area contributed by atoms with Gasteiger partial charge in [-0.3, -0.25) is 14.6 Å². The molecule has 8 nitrogen and oxygen atoms in total. The van der Waals surface area contributed by atoms with Gasteiger partial charge in [0.05, 0.1) is 18.7 Å². The number of amides is 2. The first-order chi connectivity index (χ1) is 21.4. The largest absolute Gasteiger partial charge is 0.389 e. The fraction of sp³-hybridized carbons (Fsp3) is 0.389. The van der Waals surface area contributed by atoms with Gasteiger partial charge in [0.2, 0.25) is 0 Å². The molecule has 0 bridgehead atoms. The fourth-order valence-corrected chi connectivity index (χ4v) is 5.87. The molecule has 0 saturated carbocycles. The van der Waals surface area contributed by atoms with Gasteiger partial charge in [-0.15, -0.1) is 11.3 Å². The maximum absolute atomic E-state index is 13.6. The number of anilines is 1. The number of likely N-dealkylation sites (N-methyl/N-ethyl adjacent to an activating group) is 1. The normalized spacial score (nSPS) is 12.7. The second kappa shape index (κ2) is 15.3. The van der Waals surface area contributed by atoms with Crippen molar-refractivity contribution in [3.63, 3.8) is 0 Å². The number of hydrogen-bond donors (Lipinski definition) is 2. The molecule has 2 aromatic carbocycles. The number of aliphatic hydroxyl groups is 1. The zero-order chi connectivity index (χ0) is 32.7. The SMILES string of the molecule is Cc1csc(CN(C)C(=O)c2cccc(C(=O)N[C@@H](Cc3ccccc3)[C@H](O)CN(C)c3cc(C(C)C)nc(C(C)C)c3)c2)n1. The predicted molar refractivity (Wildman–Crippen MR) is 182 cm³/mol. The Kier molecular flexibility index (Phi) is 11.5. The van der Waals surface area contributed by atoms with Crippen LogP contribution < -0.4 is 10.2 Å². The Hall–Kier alpha value is -4.08. The van der Waals surface area contributed by atoms with E-state index in [0.717, 1.165) is 33.3 Å². The van der Waals surface area contributed by atoms with Gasteiger partial charge in [0.1, 0.15) is 5.01 Å². The van der Waals surface area contributed by atoms with Crippen molar-refractivity contribution in [2.45, 2.75) is 71.6 Å². The Morgan fingerprint density at radius 3 is 2.13 bits per heavy atom. The number of benzene rings is 2. The van der Waals surface area contributed by atoms with Gasteiger partial charge < -0.3 is 20.2 Å². The number of nitrogens with zero attached hydrogens (tertiary/aromatic N) is 4. The fourth-order valence-electron chi connectivity index (χ4n) is 5.05. The maximum Gasteiger partial charge on any atom is 0.253 e.